The van der Waals surface area contributed by atoms with Gasteiger partial charge in [-0.3, -0.25) is 0 Å². The SMILES string of the molecule is Brc1ccsc1CC1(C2CCCC2)CNC1. The smallest absolute Gasteiger partial charge is 0.0314 e. The van der Waals surface area contributed by atoms with Crippen molar-refractivity contribution in [3.05, 3.63) is 20.8 Å². The normalized spacial score (nSPS) is 24.6. The van der Waals surface area contributed by atoms with Gasteiger partial charge in [0.25, 0.3) is 0 Å². The molecule has 1 aliphatic carbocycles. The van der Waals surface area contributed by atoms with E-state index < -0.39 is 0 Å². The van der Waals surface area contributed by atoms with E-state index in [0.717, 1.165) is 5.92 Å². The van der Waals surface area contributed by atoms with Crippen LogP contribution in [0.2, 0.25) is 0 Å². The van der Waals surface area contributed by atoms with Crippen LogP contribution < -0.4 is 5.32 Å². The maximum atomic E-state index is 3.67. The van der Waals surface area contributed by atoms with Gasteiger partial charge in [0.1, 0.15) is 0 Å². The van der Waals surface area contributed by atoms with Gasteiger partial charge in [-0.1, -0.05) is 12.8 Å². The van der Waals surface area contributed by atoms with E-state index in [9.17, 15) is 0 Å². The highest BCUT2D eigenvalue weighted by molar-refractivity contribution is 9.10. The first kappa shape index (κ1) is 11.2. The molecule has 1 aliphatic heterocycles. The molecule has 16 heavy (non-hydrogen) atoms. The lowest BCUT2D eigenvalue weighted by molar-refractivity contribution is 0.0820. The molecule has 88 valence electrons. The molecule has 2 fully saturated rings. The molecule has 0 atom stereocenters. The first-order valence-corrected chi connectivity index (χ1v) is 7.90. The Balaban J connectivity index is 1.77. The molecule has 1 saturated heterocycles. The summed E-state index contributed by atoms with van der Waals surface area (Å²) >= 11 is 5.58. The lowest BCUT2D eigenvalue weighted by Gasteiger charge is -2.47. The first-order chi connectivity index (χ1) is 7.80. The van der Waals surface area contributed by atoms with E-state index in [1.54, 1.807) is 4.88 Å². The molecule has 2 aliphatic rings. The van der Waals surface area contributed by atoms with Gasteiger partial charge in [0.15, 0.2) is 0 Å². The van der Waals surface area contributed by atoms with Crippen molar-refractivity contribution in [3.63, 3.8) is 0 Å². The van der Waals surface area contributed by atoms with E-state index in [0.29, 0.717) is 5.41 Å². The van der Waals surface area contributed by atoms with Crippen LogP contribution in [0.4, 0.5) is 0 Å². The molecule has 3 heteroatoms. The minimum atomic E-state index is 0.587. The van der Waals surface area contributed by atoms with Crippen molar-refractivity contribution in [3.8, 4) is 0 Å². The molecule has 1 nitrogen and oxygen atoms in total. The van der Waals surface area contributed by atoms with Crippen LogP contribution >= 0.6 is 27.3 Å². The van der Waals surface area contributed by atoms with E-state index in [1.165, 1.54) is 49.7 Å². The third kappa shape index (κ3) is 1.87. The van der Waals surface area contributed by atoms with Crippen LogP contribution in [0.25, 0.3) is 0 Å². The molecule has 0 amide bonds. The Labute approximate surface area is 110 Å². The third-order valence-electron chi connectivity index (χ3n) is 4.38. The summed E-state index contributed by atoms with van der Waals surface area (Å²) in [7, 11) is 0. The molecule has 3 rings (SSSR count). The van der Waals surface area contributed by atoms with E-state index >= 15 is 0 Å². The van der Waals surface area contributed by atoms with Gasteiger partial charge in [-0.2, -0.15) is 0 Å². The average molecular weight is 300 g/mol. The minimum Gasteiger partial charge on any atom is -0.315 e. The fourth-order valence-corrected chi connectivity index (χ4v) is 4.96. The second-order valence-corrected chi connectivity index (χ2v) is 7.17. The Morgan fingerprint density at radius 1 is 1.38 bits per heavy atom. The number of thiophene rings is 1. The Bertz CT molecular complexity index is 364. The van der Waals surface area contributed by atoms with Gasteiger partial charge in [-0.05, 0) is 52.6 Å². The molecular weight excluding hydrogens is 282 g/mol. The topological polar surface area (TPSA) is 12.0 Å². The predicted molar refractivity (Wildman–Crippen MR) is 73.0 cm³/mol. The molecule has 1 N–H and O–H groups in total. The fourth-order valence-electron chi connectivity index (χ4n) is 3.31. The highest BCUT2D eigenvalue weighted by Gasteiger charge is 2.45. The van der Waals surface area contributed by atoms with Crippen molar-refractivity contribution in [1.29, 1.82) is 0 Å². The highest BCUT2D eigenvalue weighted by Crippen LogP contribution is 2.46. The predicted octanol–water partition coefficient (Wildman–Crippen LogP) is 3.83. The molecule has 0 spiro atoms. The van der Waals surface area contributed by atoms with Gasteiger partial charge >= 0.3 is 0 Å². The maximum absolute atomic E-state index is 3.67. The quantitative estimate of drug-likeness (QED) is 0.894. The van der Waals surface area contributed by atoms with E-state index in [1.807, 2.05) is 11.3 Å². The highest BCUT2D eigenvalue weighted by atomic mass is 79.9. The molecule has 2 heterocycles. The van der Waals surface area contributed by atoms with E-state index in [4.69, 9.17) is 0 Å². The molecular formula is C13H18BrNS. The Kier molecular flexibility index (Phi) is 3.11. The van der Waals surface area contributed by atoms with Gasteiger partial charge < -0.3 is 5.32 Å². The van der Waals surface area contributed by atoms with Crippen LogP contribution in [-0.4, -0.2) is 13.1 Å². The number of hydrogen-bond acceptors (Lipinski definition) is 2. The third-order valence-corrected chi connectivity index (χ3v) is 6.31. The van der Waals surface area contributed by atoms with Crippen LogP contribution in [0.3, 0.4) is 0 Å². The molecule has 1 saturated carbocycles. The zero-order valence-corrected chi connectivity index (χ0v) is 11.9. The second-order valence-electron chi connectivity index (χ2n) is 5.32. The summed E-state index contributed by atoms with van der Waals surface area (Å²) < 4.78 is 1.32. The summed E-state index contributed by atoms with van der Waals surface area (Å²) in [5.74, 6) is 0.975. The van der Waals surface area contributed by atoms with Gasteiger partial charge in [0.2, 0.25) is 0 Å². The van der Waals surface area contributed by atoms with Crippen molar-refractivity contribution in [2.24, 2.45) is 11.3 Å². The van der Waals surface area contributed by atoms with Crippen LogP contribution in [0.5, 0.6) is 0 Å². The minimum absolute atomic E-state index is 0.587. The zero-order chi connectivity index (χ0) is 11.0. The summed E-state index contributed by atoms with van der Waals surface area (Å²) in [6.07, 6.45) is 7.12. The fraction of sp³-hybridized carbons (Fsp3) is 0.692. The monoisotopic (exact) mass is 299 g/mol. The van der Waals surface area contributed by atoms with Gasteiger partial charge in [-0.15, -0.1) is 11.3 Å². The molecule has 1 aromatic rings. The molecule has 0 unspecified atom stereocenters. The summed E-state index contributed by atoms with van der Waals surface area (Å²) in [6, 6.07) is 2.19. The van der Waals surface area contributed by atoms with Crippen LogP contribution in [-0.2, 0) is 6.42 Å². The summed E-state index contributed by atoms with van der Waals surface area (Å²) in [6.45, 7) is 2.48. The van der Waals surface area contributed by atoms with Crippen molar-refractivity contribution in [2.45, 2.75) is 32.1 Å². The average Bonchev–Trinajstić information content (AvgIpc) is 2.83. The number of nitrogens with one attached hydrogen (secondary N) is 1. The van der Waals surface area contributed by atoms with E-state index in [-0.39, 0.29) is 0 Å². The first-order valence-electron chi connectivity index (χ1n) is 6.23. The largest absolute Gasteiger partial charge is 0.315 e. The Morgan fingerprint density at radius 3 is 2.62 bits per heavy atom. The maximum Gasteiger partial charge on any atom is 0.0314 e. The van der Waals surface area contributed by atoms with E-state index in [2.05, 4.69) is 32.7 Å². The molecule has 0 aromatic carbocycles. The second kappa shape index (κ2) is 4.43. The van der Waals surface area contributed by atoms with Crippen molar-refractivity contribution in [1.82, 2.24) is 5.32 Å². The van der Waals surface area contributed by atoms with Crippen molar-refractivity contribution < 1.29 is 0 Å². The molecule has 0 bridgehead atoms. The van der Waals surface area contributed by atoms with Crippen LogP contribution in [0, 0.1) is 11.3 Å². The van der Waals surface area contributed by atoms with Crippen molar-refractivity contribution >= 4 is 27.3 Å². The molecule has 1 aromatic heterocycles. The lowest BCUT2D eigenvalue weighted by atomic mass is 9.67. The number of rotatable bonds is 3. The van der Waals surface area contributed by atoms with Crippen LogP contribution in [0.15, 0.2) is 15.9 Å². The summed E-state index contributed by atoms with van der Waals surface area (Å²) in [4.78, 5) is 1.55. The standard InChI is InChI=1S/C13H18BrNS/c14-11-5-6-16-12(11)7-13(8-15-9-13)10-3-1-2-4-10/h5-6,10,15H,1-4,7-9H2. The van der Waals surface area contributed by atoms with Crippen LogP contribution in [0.1, 0.15) is 30.6 Å². The van der Waals surface area contributed by atoms with Gasteiger partial charge in [-0.25, -0.2) is 0 Å². The lowest BCUT2D eigenvalue weighted by Crippen LogP contribution is -2.58. The zero-order valence-electron chi connectivity index (χ0n) is 9.47. The summed E-state index contributed by atoms with van der Waals surface area (Å²) in [5.41, 5.74) is 0.587. The van der Waals surface area contributed by atoms with Gasteiger partial charge in [0, 0.05) is 27.9 Å². The Hall–Kier alpha value is 0.140. The van der Waals surface area contributed by atoms with Gasteiger partial charge in [0.05, 0.1) is 0 Å². The number of halogens is 1. The molecule has 0 radical (unpaired) electrons. The number of hydrogen-bond donors (Lipinski definition) is 1. The Morgan fingerprint density at radius 2 is 2.12 bits per heavy atom. The summed E-state index contributed by atoms with van der Waals surface area (Å²) in [5, 5.41) is 5.70. The van der Waals surface area contributed by atoms with Crippen molar-refractivity contribution in [2.75, 3.05) is 13.1 Å².